The summed E-state index contributed by atoms with van der Waals surface area (Å²) in [4.78, 5) is 0. The molecule has 0 saturated carbocycles. The lowest BCUT2D eigenvalue weighted by molar-refractivity contribution is 0.292. The van der Waals surface area contributed by atoms with Crippen LogP contribution in [0.2, 0.25) is 0 Å². The van der Waals surface area contributed by atoms with Crippen LogP contribution in [0.25, 0.3) is 0 Å². The van der Waals surface area contributed by atoms with Crippen molar-refractivity contribution in [1.29, 1.82) is 0 Å². The topological polar surface area (TPSA) is 101 Å². The third-order valence-electron chi connectivity index (χ3n) is 2.76. The van der Waals surface area contributed by atoms with Crippen LogP contribution in [0.4, 0.5) is 0 Å². The van der Waals surface area contributed by atoms with E-state index in [4.69, 9.17) is 5.73 Å². The number of nitrogens with zero attached hydrogens (tertiary/aromatic N) is 2. The van der Waals surface area contributed by atoms with Crippen LogP contribution < -0.4 is 5.73 Å². The first kappa shape index (κ1) is 23.1. The van der Waals surface area contributed by atoms with Gasteiger partial charge >= 0.3 is 0 Å². The van der Waals surface area contributed by atoms with Crippen molar-refractivity contribution in [2.45, 2.75) is 39.7 Å². The molecule has 0 spiro atoms. The van der Waals surface area contributed by atoms with Crippen molar-refractivity contribution in [3.8, 4) is 0 Å². The van der Waals surface area contributed by atoms with E-state index in [9.17, 15) is 16.8 Å². The van der Waals surface area contributed by atoms with Gasteiger partial charge in [0.15, 0.2) is 0 Å². The Bertz CT molecular complexity index is 479. The van der Waals surface area contributed by atoms with Crippen molar-refractivity contribution in [3.63, 3.8) is 0 Å². The Labute approximate surface area is 130 Å². The number of hydrogen-bond donors (Lipinski definition) is 1. The Morgan fingerprint density at radius 3 is 1.52 bits per heavy atom. The van der Waals surface area contributed by atoms with E-state index in [1.165, 1.54) is 8.61 Å². The molecule has 0 aliphatic heterocycles. The van der Waals surface area contributed by atoms with Crippen LogP contribution in [0.5, 0.6) is 0 Å². The normalized spacial score (nSPS) is 13.2. The minimum atomic E-state index is -3.16. The molecule has 0 aliphatic carbocycles. The predicted octanol–water partition coefficient (Wildman–Crippen LogP) is 0.293. The molecular weight excluding hydrogens is 314 g/mol. The zero-order chi connectivity index (χ0) is 17.5. The van der Waals surface area contributed by atoms with Crippen molar-refractivity contribution in [2.75, 3.05) is 39.2 Å². The molecule has 0 rings (SSSR count). The lowest BCUT2D eigenvalue weighted by Gasteiger charge is -2.30. The maximum atomic E-state index is 11.4. The second kappa shape index (κ2) is 9.04. The third-order valence-corrected chi connectivity index (χ3v) is 6.93. The van der Waals surface area contributed by atoms with Crippen LogP contribution in [0.1, 0.15) is 34.1 Å². The summed E-state index contributed by atoms with van der Waals surface area (Å²) in [5, 5.41) is 0. The van der Waals surface area contributed by atoms with Gasteiger partial charge < -0.3 is 5.73 Å². The van der Waals surface area contributed by atoms with E-state index in [1.54, 1.807) is 21.1 Å². The van der Waals surface area contributed by atoms with Crippen LogP contribution in [-0.2, 0) is 20.0 Å². The van der Waals surface area contributed by atoms with Crippen LogP contribution in [0.15, 0.2) is 0 Å². The highest BCUT2D eigenvalue weighted by Crippen LogP contribution is 2.14. The van der Waals surface area contributed by atoms with E-state index in [2.05, 4.69) is 0 Å². The van der Waals surface area contributed by atoms with Gasteiger partial charge in [-0.3, -0.25) is 0 Å². The Hall–Kier alpha value is -0.220. The van der Waals surface area contributed by atoms with Crippen molar-refractivity contribution in [3.05, 3.63) is 0 Å². The molecule has 0 heterocycles. The first-order valence-electron chi connectivity index (χ1n) is 6.79. The second-order valence-corrected chi connectivity index (χ2v) is 10.3. The Balaban J connectivity index is 0. The third kappa shape index (κ3) is 9.41. The van der Waals surface area contributed by atoms with Gasteiger partial charge in [0.2, 0.25) is 20.0 Å². The van der Waals surface area contributed by atoms with E-state index in [0.29, 0.717) is 6.42 Å². The minimum absolute atomic E-state index is 0.0147. The molecule has 7 nitrogen and oxygen atoms in total. The molecule has 0 radical (unpaired) electrons. The fraction of sp³-hybridized carbons (Fsp3) is 1.00. The molecule has 0 saturated heterocycles. The smallest absolute Gasteiger partial charge is 0.215 e. The van der Waals surface area contributed by atoms with Crippen LogP contribution in [-0.4, -0.2) is 70.2 Å². The molecular formula is C12H31N3O4S2. The van der Waals surface area contributed by atoms with Gasteiger partial charge in [0.05, 0.1) is 11.5 Å². The monoisotopic (exact) mass is 345 g/mol. The Morgan fingerprint density at radius 2 is 1.33 bits per heavy atom. The summed E-state index contributed by atoms with van der Waals surface area (Å²) in [5.41, 5.74) is 4.82. The van der Waals surface area contributed by atoms with Crippen LogP contribution in [0, 0.1) is 0 Å². The van der Waals surface area contributed by atoms with Gasteiger partial charge in [0, 0.05) is 33.2 Å². The van der Waals surface area contributed by atoms with E-state index in [0.717, 1.165) is 0 Å². The van der Waals surface area contributed by atoms with Gasteiger partial charge in [-0.25, -0.2) is 21.1 Å². The molecule has 0 amide bonds. The summed E-state index contributed by atoms with van der Waals surface area (Å²) in [6.07, 6.45) is 0.681. The minimum Gasteiger partial charge on any atom is -0.329 e. The number of hydrogen-bond acceptors (Lipinski definition) is 5. The van der Waals surface area contributed by atoms with Gasteiger partial charge in [-0.2, -0.15) is 4.31 Å². The lowest BCUT2D eigenvalue weighted by atomic mass is 10.1. The fourth-order valence-electron chi connectivity index (χ4n) is 1.14. The van der Waals surface area contributed by atoms with Crippen molar-refractivity contribution >= 4 is 20.0 Å². The first-order valence-corrected chi connectivity index (χ1v) is 10.0. The maximum Gasteiger partial charge on any atom is 0.215 e. The highest BCUT2D eigenvalue weighted by atomic mass is 32.2. The molecule has 9 heteroatoms. The standard InChI is InChI=1S/C7H18N2O2S.C5H13NO2S/c1-7(2,3)9(4)12(10,11)6-5-8;1-4-5-9(7,8)6(2)3/h5-6,8H2,1-4H3;4-5H2,1-3H3. The van der Waals surface area contributed by atoms with E-state index in [1.807, 2.05) is 27.7 Å². The molecule has 0 aromatic rings. The average Bonchev–Trinajstić information content (AvgIpc) is 2.27. The molecule has 0 fully saturated rings. The summed E-state index contributed by atoms with van der Waals surface area (Å²) in [6.45, 7) is 7.56. The zero-order valence-electron chi connectivity index (χ0n) is 14.2. The summed E-state index contributed by atoms with van der Waals surface area (Å²) in [7, 11) is -1.41. The highest BCUT2D eigenvalue weighted by molar-refractivity contribution is 7.89. The molecule has 0 aromatic heterocycles. The maximum absolute atomic E-state index is 11.4. The van der Waals surface area contributed by atoms with Crippen molar-refractivity contribution in [1.82, 2.24) is 8.61 Å². The average molecular weight is 346 g/mol. The number of nitrogens with two attached hydrogens (primary N) is 1. The highest BCUT2D eigenvalue weighted by Gasteiger charge is 2.27. The summed E-state index contributed by atoms with van der Waals surface area (Å²) >= 11 is 0. The van der Waals surface area contributed by atoms with Gasteiger partial charge in [0.25, 0.3) is 0 Å². The molecule has 0 unspecified atom stereocenters. The van der Waals surface area contributed by atoms with E-state index >= 15 is 0 Å². The largest absolute Gasteiger partial charge is 0.329 e. The molecule has 21 heavy (non-hydrogen) atoms. The molecule has 0 aromatic carbocycles. The Morgan fingerprint density at radius 1 is 0.905 bits per heavy atom. The first-order chi connectivity index (χ1) is 9.22. The van der Waals surface area contributed by atoms with Gasteiger partial charge in [-0.05, 0) is 27.2 Å². The van der Waals surface area contributed by atoms with Gasteiger partial charge in [-0.1, -0.05) is 6.92 Å². The van der Waals surface area contributed by atoms with Crippen molar-refractivity contribution in [2.24, 2.45) is 5.73 Å². The van der Waals surface area contributed by atoms with E-state index in [-0.39, 0.29) is 23.6 Å². The quantitative estimate of drug-likeness (QED) is 0.746. The molecule has 0 bridgehead atoms. The van der Waals surface area contributed by atoms with Gasteiger partial charge in [-0.15, -0.1) is 0 Å². The summed E-state index contributed by atoms with van der Waals surface area (Å²) in [6, 6.07) is 0. The van der Waals surface area contributed by atoms with Crippen molar-refractivity contribution < 1.29 is 16.8 Å². The van der Waals surface area contributed by atoms with E-state index < -0.39 is 20.0 Å². The molecule has 130 valence electrons. The van der Waals surface area contributed by atoms with Crippen LogP contribution in [0.3, 0.4) is 0 Å². The number of rotatable bonds is 6. The predicted molar refractivity (Wildman–Crippen MR) is 88.1 cm³/mol. The lowest BCUT2D eigenvalue weighted by Crippen LogP contribution is -2.44. The Kier molecular flexibility index (Phi) is 9.92. The number of sulfonamides is 2. The zero-order valence-corrected chi connectivity index (χ0v) is 15.9. The summed E-state index contributed by atoms with van der Waals surface area (Å²) < 4.78 is 47.2. The molecule has 0 atom stereocenters. The fourth-order valence-corrected chi connectivity index (χ4v) is 3.43. The molecule has 2 N–H and O–H groups in total. The van der Waals surface area contributed by atoms with Gasteiger partial charge in [0.1, 0.15) is 0 Å². The molecule has 0 aliphatic rings. The second-order valence-electron chi connectivity index (χ2n) is 5.84. The van der Waals surface area contributed by atoms with Crippen LogP contribution >= 0.6 is 0 Å². The summed E-state index contributed by atoms with van der Waals surface area (Å²) in [5.74, 6) is 0.265. The SMILES string of the molecule is CCCS(=O)(=O)N(C)C.CN(C(C)(C)C)S(=O)(=O)CCN.